The van der Waals surface area contributed by atoms with Gasteiger partial charge in [-0.1, -0.05) is 35.5 Å². The summed E-state index contributed by atoms with van der Waals surface area (Å²) in [5, 5.41) is 1.51. The molecule has 0 fully saturated rings. The minimum atomic E-state index is 0.0526. The van der Waals surface area contributed by atoms with Crippen LogP contribution in [0.5, 0.6) is 0 Å². The number of benzene rings is 1. The molecule has 0 amide bonds. The van der Waals surface area contributed by atoms with Gasteiger partial charge < -0.3 is 0 Å². The van der Waals surface area contributed by atoms with E-state index >= 15 is 0 Å². The van der Waals surface area contributed by atoms with Crippen molar-refractivity contribution >= 4 is 29.1 Å². The number of aromatic nitrogens is 2. The molecule has 0 saturated heterocycles. The number of halogens is 1. The van der Waals surface area contributed by atoms with Crippen molar-refractivity contribution < 1.29 is 4.79 Å². The summed E-state index contributed by atoms with van der Waals surface area (Å²) >= 11 is 7.45. The van der Waals surface area contributed by atoms with Crippen LogP contribution in [0.2, 0.25) is 5.02 Å². The molecule has 1 atom stereocenters. The van der Waals surface area contributed by atoms with E-state index in [1.807, 2.05) is 24.3 Å². The average Bonchev–Trinajstić information content (AvgIpc) is 2.39. The zero-order valence-corrected chi connectivity index (χ0v) is 10.9. The van der Waals surface area contributed by atoms with E-state index in [0.29, 0.717) is 22.2 Å². The first-order valence-electron chi connectivity index (χ1n) is 5.50. The number of fused-ring (bicyclic) bond motifs is 1. The number of ketones is 1. The molecule has 1 aromatic heterocycles. The highest BCUT2D eigenvalue weighted by atomic mass is 35.5. The monoisotopic (exact) mass is 276 g/mol. The van der Waals surface area contributed by atoms with Crippen LogP contribution in [-0.4, -0.2) is 15.8 Å². The Kier molecular flexibility index (Phi) is 3.06. The summed E-state index contributed by atoms with van der Waals surface area (Å²) in [7, 11) is 0. The van der Waals surface area contributed by atoms with Gasteiger partial charge in [0.2, 0.25) is 0 Å². The average molecular weight is 277 g/mol. The second kappa shape index (κ2) is 4.71. The van der Waals surface area contributed by atoms with Gasteiger partial charge in [-0.15, -0.1) is 0 Å². The second-order valence-electron chi connectivity index (χ2n) is 4.00. The van der Waals surface area contributed by atoms with Crippen LogP contribution in [0.15, 0.2) is 41.7 Å². The van der Waals surface area contributed by atoms with E-state index in [-0.39, 0.29) is 11.0 Å². The topological polar surface area (TPSA) is 42.9 Å². The van der Waals surface area contributed by atoms with Crippen LogP contribution in [0.25, 0.3) is 0 Å². The molecule has 90 valence electrons. The molecule has 1 aliphatic rings. The van der Waals surface area contributed by atoms with Crippen molar-refractivity contribution in [3.8, 4) is 0 Å². The van der Waals surface area contributed by atoms with Gasteiger partial charge in [0.15, 0.2) is 5.78 Å². The van der Waals surface area contributed by atoms with Gasteiger partial charge in [0, 0.05) is 29.1 Å². The van der Waals surface area contributed by atoms with Crippen LogP contribution in [0.1, 0.15) is 27.7 Å². The molecule has 0 aliphatic carbocycles. The Balaban J connectivity index is 1.94. The lowest BCUT2D eigenvalue weighted by Gasteiger charge is -2.21. The highest BCUT2D eigenvalue weighted by Gasteiger charge is 2.28. The maximum absolute atomic E-state index is 12.0. The fourth-order valence-electron chi connectivity index (χ4n) is 1.91. The molecular weight excluding hydrogens is 268 g/mol. The summed E-state index contributed by atoms with van der Waals surface area (Å²) < 4.78 is 0. The van der Waals surface area contributed by atoms with E-state index in [9.17, 15) is 4.79 Å². The Hall–Kier alpha value is -1.39. The van der Waals surface area contributed by atoms with Gasteiger partial charge >= 0.3 is 0 Å². The first kappa shape index (κ1) is 11.7. The van der Waals surface area contributed by atoms with Gasteiger partial charge in [-0.2, -0.15) is 0 Å². The molecule has 0 unspecified atom stereocenters. The lowest BCUT2D eigenvalue weighted by molar-refractivity contribution is 0.0970. The molecule has 3 rings (SSSR count). The van der Waals surface area contributed by atoms with E-state index < -0.39 is 0 Å². The Morgan fingerprint density at radius 2 is 1.89 bits per heavy atom. The van der Waals surface area contributed by atoms with Gasteiger partial charge in [0.25, 0.3) is 0 Å². The summed E-state index contributed by atoms with van der Waals surface area (Å²) in [6.07, 6.45) is 3.63. The van der Waals surface area contributed by atoms with E-state index in [1.54, 1.807) is 24.2 Å². The van der Waals surface area contributed by atoms with Crippen molar-refractivity contribution in [3.05, 3.63) is 52.9 Å². The normalized spacial score (nSPS) is 18.5. The first-order valence-corrected chi connectivity index (χ1v) is 6.76. The molecule has 0 saturated carbocycles. The van der Waals surface area contributed by atoms with Crippen molar-refractivity contribution in [2.24, 2.45) is 0 Å². The van der Waals surface area contributed by atoms with Crippen LogP contribution in [0, 0.1) is 0 Å². The van der Waals surface area contributed by atoms with E-state index in [0.717, 1.165) is 5.56 Å². The van der Waals surface area contributed by atoms with Gasteiger partial charge in [0.05, 0.1) is 0 Å². The van der Waals surface area contributed by atoms with E-state index in [2.05, 4.69) is 9.97 Å². The maximum Gasteiger partial charge on any atom is 0.185 e. The third-order valence-corrected chi connectivity index (χ3v) is 4.29. The van der Waals surface area contributed by atoms with Gasteiger partial charge in [-0.25, -0.2) is 9.97 Å². The molecular formula is C13H9ClN2OS. The van der Waals surface area contributed by atoms with Crippen LogP contribution >= 0.6 is 23.4 Å². The molecule has 0 radical (unpaired) electrons. The minimum absolute atomic E-state index is 0.0526. The molecule has 0 N–H and O–H groups in total. The number of carbonyl (C=O) groups excluding carboxylic acids is 1. The minimum Gasteiger partial charge on any atom is -0.292 e. The van der Waals surface area contributed by atoms with Crippen molar-refractivity contribution in [1.82, 2.24) is 9.97 Å². The van der Waals surface area contributed by atoms with E-state index in [4.69, 9.17) is 11.6 Å². The molecule has 0 bridgehead atoms. The Morgan fingerprint density at radius 3 is 2.67 bits per heavy atom. The van der Waals surface area contributed by atoms with Gasteiger partial charge in [-0.05, 0) is 17.7 Å². The van der Waals surface area contributed by atoms with Crippen LogP contribution in [0.3, 0.4) is 0 Å². The van der Waals surface area contributed by atoms with Crippen molar-refractivity contribution in [2.45, 2.75) is 16.7 Å². The largest absolute Gasteiger partial charge is 0.292 e. The first-order chi connectivity index (χ1) is 8.74. The summed E-state index contributed by atoms with van der Waals surface area (Å²) in [4.78, 5) is 20.3. The number of thioether (sulfide) groups is 1. The fraction of sp³-hybridized carbons (Fsp3) is 0.154. The smallest absolute Gasteiger partial charge is 0.185 e. The predicted octanol–water partition coefficient (Wildman–Crippen LogP) is 3.55. The lowest BCUT2D eigenvalue weighted by Crippen LogP contribution is -2.14. The summed E-state index contributed by atoms with van der Waals surface area (Å²) in [5.41, 5.74) is 1.58. The number of hydrogen-bond acceptors (Lipinski definition) is 4. The molecule has 2 heterocycles. The number of Topliss-reactive ketones (excluding diaryl/α,β-unsaturated/α-hetero) is 1. The van der Waals surface area contributed by atoms with Crippen molar-refractivity contribution in [2.75, 3.05) is 0 Å². The molecule has 1 aromatic carbocycles. The number of hydrogen-bond donors (Lipinski definition) is 0. The van der Waals surface area contributed by atoms with Gasteiger partial charge in [-0.3, -0.25) is 4.79 Å². The van der Waals surface area contributed by atoms with Crippen molar-refractivity contribution in [3.63, 3.8) is 0 Å². The number of nitrogens with zero attached hydrogens (tertiary/aromatic N) is 2. The van der Waals surface area contributed by atoms with Crippen LogP contribution < -0.4 is 0 Å². The summed E-state index contributed by atoms with van der Waals surface area (Å²) in [6, 6.07) is 7.59. The summed E-state index contributed by atoms with van der Waals surface area (Å²) in [6.45, 7) is 0. The quantitative estimate of drug-likeness (QED) is 0.799. The molecule has 18 heavy (non-hydrogen) atoms. The zero-order chi connectivity index (χ0) is 12.5. The standard InChI is InChI=1S/C13H9ClN2OS/c14-9-3-1-8(2-4-9)11-7-10(17)12-13(18-11)16-6-5-15-12/h1-6,11H,7H2/t11-/m0/s1. The predicted molar refractivity (Wildman–Crippen MR) is 71.0 cm³/mol. The number of carbonyl (C=O) groups is 1. The Bertz CT molecular complexity index is 600. The van der Waals surface area contributed by atoms with Crippen LogP contribution in [-0.2, 0) is 0 Å². The number of rotatable bonds is 1. The Morgan fingerprint density at radius 1 is 1.17 bits per heavy atom. The molecule has 5 heteroatoms. The Labute approximate surface area is 114 Å². The zero-order valence-electron chi connectivity index (χ0n) is 9.34. The third-order valence-electron chi connectivity index (χ3n) is 2.80. The lowest BCUT2D eigenvalue weighted by atomic mass is 10.1. The summed E-state index contributed by atoms with van der Waals surface area (Å²) in [5.74, 6) is 0.0526. The third kappa shape index (κ3) is 2.13. The highest BCUT2D eigenvalue weighted by molar-refractivity contribution is 7.99. The molecule has 3 nitrogen and oxygen atoms in total. The molecule has 1 aliphatic heterocycles. The highest BCUT2D eigenvalue weighted by Crippen LogP contribution is 2.42. The van der Waals surface area contributed by atoms with Crippen molar-refractivity contribution in [1.29, 1.82) is 0 Å². The SMILES string of the molecule is O=C1C[C@@H](c2ccc(Cl)cc2)Sc2nccnc21. The molecule has 0 spiro atoms. The van der Waals surface area contributed by atoms with Crippen LogP contribution in [0.4, 0.5) is 0 Å². The molecule has 2 aromatic rings. The fourth-order valence-corrected chi connectivity index (χ4v) is 3.23. The van der Waals surface area contributed by atoms with Gasteiger partial charge in [0.1, 0.15) is 10.7 Å². The second-order valence-corrected chi connectivity index (χ2v) is 5.62. The maximum atomic E-state index is 12.0. The van der Waals surface area contributed by atoms with E-state index in [1.165, 1.54) is 0 Å².